The van der Waals surface area contributed by atoms with E-state index in [1.54, 1.807) is 35.2 Å². The Kier molecular flexibility index (Phi) is 3.51. The maximum Gasteiger partial charge on any atom is 0.256 e. The molecule has 0 radical (unpaired) electrons. The van der Waals surface area contributed by atoms with Crippen LogP contribution in [0.15, 0.2) is 30.6 Å². The lowest BCUT2D eigenvalue weighted by atomic mass is 10.1. The van der Waals surface area contributed by atoms with Gasteiger partial charge in [0.25, 0.3) is 5.91 Å². The number of benzene rings is 1. The smallest absolute Gasteiger partial charge is 0.256 e. The normalized spacial score (nSPS) is 15.3. The molecule has 1 aliphatic rings. The highest BCUT2D eigenvalue weighted by Crippen LogP contribution is 2.17. The SMILES string of the molecule is CC(=O)N1CCN(C(=O)c2cccc3nccnc23)CC1. The van der Waals surface area contributed by atoms with Crippen molar-refractivity contribution in [2.24, 2.45) is 0 Å². The molecule has 2 heterocycles. The van der Waals surface area contributed by atoms with Crippen molar-refractivity contribution in [3.05, 3.63) is 36.2 Å². The molecule has 1 fully saturated rings. The Morgan fingerprint density at radius 2 is 1.67 bits per heavy atom. The third-order valence-corrected chi connectivity index (χ3v) is 3.74. The quantitative estimate of drug-likeness (QED) is 0.781. The van der Waals surface area contributed by atoms with Gasteiger partial charge in [0.15, 0.2) is 0 Å². The summed E-state index contributed by atoms with van der Waals surface area (Å²) in [6, 6.07) is 5.43. The lowest BCUT2D eigenvalue weighted by Gasteiger charge is -2.34. The van der Waals surface area contributed by atoms with Crippen LogP contribution < -0.4 is 0 Å². The fourth-order valence-corrected chi connectivity index (χ4v) is 2.56. The van der Waals surface area contributed by atoms with E-state index < -0.39 is 0 Å². The number of piperazine rings is 1. The number of carbonyl (C=O) groups excluding carboxylic acids is 2. The number of amides is 2. The van der Waals surface area contributed by atoms with E-state index in [9.17, 15) is 9.59 Å². The molecule has 0 spiro atoms. The van der Waals surface area contributed by atoms with Crippen LogP contribution in [0.2, 0.25) is 0 Å². The molecule has 108 valence electrons. The van der Waals surface area contributed by atoms with Crippen LogP contribution >= 0.6 is 0 Å². The molecule has 1 aliphatic heterocycles. The summed E-state index contributed by atoms with van der Waals surface area (Å²) in [6.07, 6.45) is 3.20. The zero-order chi connectivity index (χ0) is 14.8. The molecule has 21 heavy (non-hydrogen) atoms. The number of nitrogens with zero attached hydrogens (tertiary/aromatic N) is 4. The van der Waals surface area contributed by atoms with Crippen molar-refractivity contribution >= 4 is 22.8 Å². The van der Waals surface area contributed by atoms with Crippen molar-refractivity contribution < 1.29 is 9.59 Å². The number of fused-ring (bicyclic) bond motifs is 1. The largest absolute Gasteiger partial charge is 0.339 e. The molecule has 0 bridgehead atoms. The molecule has 2 amide bonds. The predicted molar refractivity (Wildman–Crippen MR) is 77.7 cm³/mol. The molecule has 1 aromatic heterocycles. The predicted octanol–water partition coefficient (Wildman–Crippen LogP) is 0.934. The van der Waals surface area contributed by atoms with Crippen LogP contribution in [-0.4, -0.2) is 57.8 Å². The fraction of sp³-hybridized carbons (Fsp3) is 0.333. The Morgan fingerprint density at radius 3 is 2.38 bits per heavy atom. The summed E-state index contributed by atoms with van der Waals surface area (Å²) in [5.74, 6) is 0.00225. The zero-order valence-corrected chi connectivity index (χ0v) is 11.8. The minimum atomic E-state index is -0.0516. The van der Waals surface area contributed by atoms with Gasteiger partial charge < -0.3 is 9.80 Å². The molecule has 0 saturated carbocycles. The number of aromatic nitrogens is 2. The second-order valence-electron chi connectivity index (χ2n) is 5.03. The molecule has 1 aromatic carbocycles. The lowest BCUT2D eigenvalue weighted by Crippen LogP contribution is -2.50. The first kappa shape index (κ1) is 13.5. The summed E-state index contributed by atoms with van der Waals surface area (Å²) in [4.78, 5) is 36.0. The van der Waals surface area contributed by atoms with Gasteiger partial charge in [-0.15, -0.1) is 0 Å². The van der Waals surface area contributed by atoms with Gasteiger partial charge in [0, 0.05) is 45.5 Å². The molecule has 3 rings (SSSR count). The molecule has 0 atom stereocenters. The van der Waals surface area contributed by atoms with Crippen molar-refractivity contribution in [2.45, 2.75) is 6.92 Å². The Balaban J connectivity index is 1.84. The first-order valence-electron chi connectivity index (χ1n) is 6.91. The van der Waals surface area contributed by atoms with E-state index in [4.69, 9.17) is 0 Å². The van der Waals surface area contributed by atoms with Crippen molar-refractivity contribution in [1.82, 2.24) is 19.8 Å². The molecule has 1 saturated heterocycles. The summed E-state index contributed by atoms with van der Waals surface area (Å²) in [5.41, 5.74) is 1.90. The average molecular weight is 284 g/mol. The molecule has 6 nitrogen and oxygen atoms in total. The first-order chi connectivity index (χ1) is 10.2. The van der Waals surface area contributed by atoms with Crippen LogP contribution in [0.5, 0.6) is 0 Å². The Labute approximate surface area is 122 Å². The molecule has 0 N–H and O–H groups in total. The lowest BCUT2D eigenvalue weighted by molar-refractivity contribution is -0.130. The average Bonchev–Trinajstić information content (AvgIpc) is 2.53. The van der Waals surface area contributed by atoms with Crippen LogP contribution in [0.3, 0.4) is 0 Å². The molecular formula is C15H16N4O2. The van der Waals surface area contributed by atoms with Gasteiger partial charge in [-0.1, -0.05) is 6.07 Å². The van der Waals surface area contributed by atoms with Crippen molar-refractivity contribution in [2.75, 3.05) is 26.2 Å². The number of para-hydroxylation sites is 1. The number of carbonyl (C=O) groups is 2. The Morgan fingerprint density at radius 1 is 1.00 bits per heavy atom. The first-order valence-corrected chi connectivity index (χ1v) is 6.91. The highest BCUT2D eigenvalue weighted by atomic mass is 16.2. The summed E-state index contributed by atoms with van der Waals surface area (Å²) in [6.45, 7) is 3.82. The summed E-state index contributed by atoms with van der Waals surface area (Å²) in [5, 5.41) is 0. The standard InChI is InChI=1S/C15H16N4O2/c1-11(20)18-7-9-19(10-8-18)15(21)12-3-2-4-13-14(12)17-6-5-16-13/h2-6H,7-10H2,1H3. The van der Waals surface area contributed by atoms with Crippen molar-refractivity contribution in [3.63, 3.8) is 0 Å². The number of hydrogen-bond donors (Lipinski definition) is 0. The number of hydrogen-bond acceptors (Lipinski definition) is 4. The Bertz CT molecular complexity index is 688. The van der Waals surface area contributed by atoms with E-state index in [2.05, 4.69) is 9.97 Å². The van der Waals surface area contributed by atoms with Gasteiger partial charge in [-0.25, -0.2) is 0 Å². The number of rotatable bonds is 1. The van der Waals surface area contributed by atoms with E-state index in [0.717, 1.165) is 0 Å². The molecule has 0 unspecified atom stereocenters. The van der Waals surface area contributed by atoms with Gasteiger partial charge in [0.2, 0.25) is 5.91 Å². The van der Waals surface area contributed by atoms with Crippen molar-refractivity contribution in [1.29, 1.82) is 0 Å². The molecule has 0 aliphatic carbocycles. The van der Waals surface area contributed by atoms with E-state index in [0.29, 0.717) is 42.8 Å². The summed E-state index contributed by atoms with van der Waals surface area (Å²) < 4.78 is 0. The maximum atomic E-state index is 12.6. The fourth-order valence-electron chi connectivity index (χ4n) is 2.56. The topological polar surface area (TPSA) is 66.4 Å². The van der Waals surface area contributed by atoms with Gasteiger partial charge in [0.1, 0.15) is 5.52 Å². The van der Waals surface area contributed by atoms with Gasteiger partial charge in [-0.2, -0.15) is 0 Å². The molecular weight excluding hydrogens is 268 g/mol. The van der Waals surface area contributed by atoms with Gasteiger partial charge in [-0.3, -0.25) is 19.6 Å². The third-order valence-electron chi connectivity index (χ3n) is 3.74. The zero-order valence-electron chi connectivity index (χ0n) is 11.8. The van der Waals surface area contributed by atoms with Crippen LogP contribution in [0.25, 0.3) is 11.0 Å². The van der Waals surface area contributed by atoms with E-state index >= 15 is 0 Å². The van der Waals surface area contributed by atoms with E-state index in [-0.39, 0.29) is 11.8 Å². The minimum Gasteiger partial charge on any atom is -0.339 e. The van der Waals surface area contributed by atoms with Crippen LogP contribution in [-0.2, 0) is 4.79 Å². The summed E-state index contributed by atoms with van der Waals surface area (Å²) in [7, 11) is 0. The van der Waals surface area contributed by atoms with Gasteiger partial charge in [-0.05, 0) is 12.1 Å². The minimum absolute atomic E-state index is 0.0516. The van der Waals surface area contributed by atoms with E-state index in [1.165, 1.54) is 0 Å². The van der Waals surface area contributed by atoms with Gasteiger partial charge >= 0.3 is 0 Å². The molecule has 2 aromatic rings. The van der Waals surface area contributed by atoms with Crippen LogP contribution in [0, 0.1) is 0 Å². The second-order valence-corrected chi connectivity index (χ2v) is 5.03. The maximum absolute atomic E-state index is 12.6. The molecule has 6 heteroatoms. The van der Waals surface area contributed by atoms with Gasteiger partial charge in [0.05, 0.1) is 11.1 Å². The third kappa shape index (κ3) is 2.56. The van der Waals surface area contributed by atoms with E-state index in [1.807, 2.05) is 12.1 Å². The monoisotopic (exact) mass is 284 g/mol. The summed E-state index contributed by atoms with van der Waals surface area (Å²) >= 11 is 0. The highest BCUT2D eigenvalue weighted by Gasteiger charge is 2.24. The Hall–Kier alpha value is -2.50. The van der Waals surface area contributed by atoms with Crippen molar-refractivity contribution in [3.8, 4) is 0 Å². The second kappa shape index (κ2) is 5.47. The highest BCUT2D eigenvalue weighted by molar-refractivity contribution is 6.04. The van der Waals surface area contributed by atoms with Crippen LogP contribution in [0.1, 0.15) is 17.3 Å². The van der Waals surface area contributed by atoms with Crippen LogP contribution in [0.4, 0.5) is 0 Å².